The summed E-state index contributed by atoms with van der Waals surface area (Å²) in [5.41, 5.74) is 2.58. The van der Waals surface area contributed by atoms with Gasteiger partial charge in [0.25, 0.3) is 0 Å². The number of H-pyrrole nitrogens is 1. The summed E-state index contributed by atoms with van der Waals surface area (Å²) >= 11 is 0. The normalized spacial score (nSPS) is 12.2. The van der Waals surface area contributed by atoms with Crippen LogP contribution in [-0.4, -0.2) is 26.3 Å². The molecule has 0 amide bonds. The first-order chi connectivity index (χ1) is 12.7. The van der Waals surface area contributed by atoms with E-state index in [0.29, 0.717) is 27.4 Å². The van der Waals surface area contributed by atoms with Crippen LogP contribution >= 0.6 is 0 Å². The lowest BCUT2D eigenvalue weighted by molar-refractivity contribution is 0.414. The molecule has 0 aliphatic carbocycles. The molecule has 0 spiro atoms. The van der Waals surface area contributed by atoms with Crippen molar-refractivity contribution >= 4 is 21.8 Å². The number of halogens is 1. The van der Waals surface area contributed by atoms with Crippen LogP contribution in [0.1, 0.15) is 0 Å². The summed E-state index contributed by atoms with van der Waals surface area (Å²) in [5.74, 6) is 0.135. The molecule has 0 fully saturated rings. The highest BCUT2D eigenvalue weighted by molar-refractivity contribution is 7.85. The second kappa shape index (κ2) is 6.68. The predicted molar refractivity (Wildman–Crippen MR) is 97.0 cm³/mol. The van der Waals surface area contributed by atoms with Crippen molar-refractivity contribution in [2.24, 2.45) is 0 Å². The number of imidazole rings is 1. The highest BCUT2D eigenvalue weighted by Crippen LogP contribution is 2.30. The lowest BCUT2D eigenvalue weighted by atomic mass is 10.1. The number of para-hydroxylation sites is 2. The second-order valence-corrected chi connectivity index (χ2v) is 6.91. The molecule has 4 aromatic rings. The SMILES string of the molecule is COc1ccnc(-c2ccc(F)cc2S(=O)c2nc3ccccc3[nH]2)c1. The molecular formula is C19H14FN3O2S. The van der Waals surface area contributed by atoms with Crippen molar-refractivity contribution in [2.75, 3.05) is 7.11 Å². The Hall–Kier alpha value is -3.06. The van der Waals surface area contributed by atoms with E-state index in [9.17, 15) is 8.60 Å². The molecule has 2 aromatic carbocycles. The molecule has 1 unspecified atom stereocenters. The molecule has 0 aliphatic rings. The molecule has 2 heterocycles. The first kappa shape index (κ1) is 16.4. The van der Waals surface area contributed by atoms with Crippen LogP contribution in [-0.2, 0) is 10.8 Å². The lowest BCUT2D eigenvalue weighted by Crippen LogP contribution is -2.00. The zero-order chi connectivity index (χ0) is 18.1. The van der Waals surface area contributed by atoms with E-state index < -0.39 is 16.6 Å². The first-order valence-electron chi connectivity index (χ1n) is 7.82. The number of benzene rings is 2. The van der Waals surface area contributed by atoms with E-state index >= 15 is 0 Å². The smallest absolute Gasteiger partial charge is 0.202 e. The average Bonchev–Trinajstić information content (AvgIpc) is 3.11. The van der Waals surface area contributed by atoms with E-state index in [1.54, 1.807) is 31.5 Å². The van der Waals surface area contributed by atoms with Gasteiger partial charge in [-0.3, -0.25) is 4.98 Å². The van der Waals surface area contributed by atoms with Gasteiger partial charge >= 0.3 is 0 Å². The average molecular weight is 367 g/mol. The van der Waals surface area contributed by atoms with Crippen molar-refractivity contribution in [1.82, 2.24) is 15.0 Å². The first-order valence-corrected chi connectivity index (χ1v) is 8.97. The van der Waals surface area contributed by atoms with Crippen molar-refractivity contribution in [2.45, 2.75) is 10.1 Å². The van der Waals surface area contributed by atoms with Gasteiger partial charge in [0, 0.05) is 17.8 Å². The number of nitrogens with zero attached hydrogens (tertiary/aromatic N) is 2. The summed E-state index contributed by atoms with van der Waals surface area (Å²) < 4.78 is 32.2. The number of hydrogen-bond donors (Lipinski definition) is 1. The molecule has 0 bridgehead atoms. The summed E-state index contributed by atoms with van der Waals surface area (Å²) in [6, 6.07) is 14.9. The van der Waals surface area contributed by atoms with Crippen LogP contribution in [0, 0.1) is 5.82 Å². The Bertz CT molecular complexity index is 1090. The van der Waals surface area contributed by atoms with E-state index in [2.05, 4.69) is 15.0 Å². The number of nitrogens with one attached hydrogen (secondary N) is 1. The monoisotopic (exact) mass is 367 g/mol. The van der Waals surface area contributed by atoms with Gasteiger partial charge in [-0.05, 0) is 36.4 Å². The maximum absolute atomic E-state index is 13.9. The summed E-state index contributed by atoms with van der Waals surface area (Å²) in [5, 5.41) is 0.265. The van der Waals surface area contributed by atoms with Crippen LogP contribution in [0.5, 0.6) is 5.75 Å². The Morgan fingerprint density at radius 2 is 1.96 bits per heavy atom. The highest BCUT2D eigenvalue weighted by Gasteiger charge is 2.19. The molecule has 2 aromatic heterocycles. The van der Waals surface area contributed by atoms with Gasteiger partial charge in [-0.25, -0.2) is 13.6 Å². The molecule has 1 atom stereocenters. The number of ether oxygens (including phenoxy) is 1. The standard InChI is InChI=1S/C19H14FN3O2S/c1-25-13-8-9-21-17(11-13)14-7-6-12(20)10-18(14)26(24)19-22-15-4-2-3-5-16(15)23-19/h2-11H,1H3,(H,22,23). The Kier molecular flexibility index (Phi) is 4.22. The van der Waals surface area contributed by atoms with Gasteiger partial charge < -0.3 is 9.72 Å². The molecule has 26 heavy (non-hydrogen) atoms. The fourth-order valence-corrected chi connectivity index (χ4v) is 3.85. The van der Waals surface area contributed by atoms with E-state index in [-0.39, 0.29) is 5.16 Å². The van der Waals surface area contributed by atoms with E-state index in [4.69, 9.17) is 4.74 Å². The van der Waals surface area contributed by atoms with Crippen molar-refractivity contribution in [3.63, 3.8) is 0 Å². The summed E-state index contributed by atoms with van der Waals surface area (Å²) in [7, 11) is -0.145. The maximum Gasteiger partial charge on any atom is 0.202 e. The van der Waals surface area contributed by atoms with Crippen LogP contribution in [0.4, 0.5) is 4.39 Å². The quantitative estimate of drug-likeness (QED) is 0.593. The van der Waals surface area contributed by atoms with Crippen LogP contribution in [0.25, 0.3) is 22.3 Å². The van der Waals surface area contributed by atoms with Gasteiger partial charge in [-0.2, -0.15) is 0 Å². The zero-order valence-electron chi connectivity index (χ0n) is 13.8. The fourth-order valence-electron chi connectivity index (χ4n) is 2.67. The number of rotatable bonds is 4. The molecule has 7 heteroatoms. The van der Waals surface area contributed by atoms with Gasteiger partial charge in [0.05, 0.1) is 28.7 Å². The van der Waals surface area contributed by atoms with Gasteiger partial charge in [-0.15, -0.1) is 0 Å². The van der Waals surface area contributed by atoms with Gasteiger partial charge in [0.2, 0.25) is 5.16 Å². The van der Waals surface area contributed by atoms with Crippen molar-refractivity contribution in [1.29, 1.82) is 0 Å². The van der Waals surface area contributed by atoms with Crippen LogP contribution in [0.3, 0.4) is 0 Å². The van der Waals surface area contributed by atoms with Crippen molar-refractivity contribution in [3.8, 4) is 17.0 Å². The van der Waals surface area contributed by atoms with E-state index in [1.165, 1.54) is 12.1 Å². The molecule has 1 N–H and O–H groups in total. The molecule has 0 aliphatic heterocycles. The Labute approximate surface area is 151 Å². The molecule has 0 saturated carbocycles. The molecule has 0 saturated heterocycles. The van der Waals surface area contributed by atoms with Crippen LogP contribution < -0.4 is 4.74 Å². The summed E-state index contributed by atoms with van der Waals surface area (Å²) in [6.45, 7) is 0. The molecule has 0 radical (unpaired) electrons. The fraction of sp³-hybridized carbons (Fsp3) is 0.0526. The predicted octanol–water partition coefficient (Wildman–Crippen LogP) is 3.94. The topological polar surface area (TPSA) is 67.9 Å². The largest absolute Gasteiger partial charge is 0.497 e. The van der Waals surface area contributed by atoms with Gasteiger partial charge in [0.15, 0.2) is 0 Å². The van der Waals surface area contributed by atoms with Crippen molar-refractivity contribution < 1.29 is 13.3 Å². The minimum atomic E-state index is -1.70. The number of methoxy groups -OCH3 is 1. The number of hydrogen-bond acceptors (Lipinski definition) is 4. The third-order valence-corrected chi connectivity index (χ3v) is 5.21. The number of fused-ring (bicyclic) bond motifs is 1. The van der Waals surface area contributed by atoms with E-state index in [1.807, 2.05) is 24.3 Å². The number of aromatic amines is 1. The second-order valence-electron chi connectivity index (χ2n) is 5.55. The maximum atomic E-state index is 13.9. The van der Waals surface area contributed by atoms with Crippen molar-refractivity contribution in [3.05, 3.63) is 66.6 Å². The number of pyridine rings is 1. The minimum Gasteiger partial charge on any atom is -0.497 e. The third kappa shape index (κ3) is 2.97. The number of aromatic nitrogens is 3. The zero-order valence-corrected chi connectivity index (χ0v) is 14.6. The van der Waals surface area contributed by atoms with Crippen LogP contribution in [0.2, 0.25) is 0 Å². The highest BCUT2D eigenvalue weighted by atomic mass is 32.2. The Morgan fingerprint density at radius 3 is 2.77 bits per heavy atom. The van der Waals surface area contributed by atoms with E-state index in [0.717, 1.165) is 5.52 Å². The molecule has 4 rings (SSSR count). The molecular weight excluding hydrogens is 353 g/mol. The van der Waals surface area contributed by atoms with Gasteiger partial charge in [-0.1, -0.05) is 12.1 Å². The molecule has 130 valence electrons. The Morgan fingerprint density at radius 1 is 1.12 bits per heavy atom. The third-order valence-electron chi connectivity index (χ3n) is 3.93. The van der Waals surface area contributed by atoms with Crippen LogP contribution in [0.15, 0.2) is 70.8 Å². The molecule has 5 nitrogen and oxygen atoms in total. The van der Waals surface area contributed by atoms with Gasteiger partial charge in [0.1, 0.15) is 22.4 Å². The lowest BCUT2D eigenvalue weighted by Gasteiger charge is -2.09. The minimum absolute atomic E-state index is 0.265. The summed E-state index contributed by atoms with van der Waals surface area (Å²) in [6.07, 6.45) is 1.59. The summed E-state index contributed by atoms with van der Waals surface area (Å²) in [4.78, 5) is 12.0. The Balaban J connectivity index is 1.84.